The smallest absolute Gasteiger partial charge is 0.238 e. The molecule has 0 radical (unpaired) electrons. The largest absolute Gasteiger partial charge is 0.489 e. The van der Waals surface area contributed by atoms with E-state index in [0.717, 1.165) is 47.7 Å². The van der Waals surface area contributed by atoms with Gasteiger partial charge in [0.15, 0.2) is 5.16 Å². The van der Waals surface area contributed by atoms with Crippen LogP contribution in [0.4, 0.5) is 11.6 Å². The predicted octanol–water partition coefficient (Wildman–Crippen LogP) is 3.39. The van der Waals surface area contributed by atoms with Crippen molar-refractivity contribution in [2.45, 2.75) is 24.7 Å². The first-order chi connectivity index (χ1) is 16.3. The number of fused-ring (bicyclic) bond motifs is 1. The van der Waals surface area contributed by atoms with E-state index in [-0.39, 0.29) is 17.7 Å². The van der Waals surface area contributed by atoms with Crippen molar-refractivity contribution in [3.63, 3.8) is 0 Å². The van der Waals surface area contributed by atoms with Crippen molar-refractivity contribution < 1.29 is 14.3 Å². The molecule has 1 fully saturated rings. The number of carbonyl (C=O) groups excluding carboxylic acids is 1. The number of hydrogen-bond acceptors (Lipinski definition) is 7. The van der Waals surface area contributed by atoms with Crippen molar-refractivity contribution in [3.8, 4) is 5.75 Å². The standard InChI is InChI=1S/C24H27N5O3S/c1-2-28-23(27-12-14-31-15-13-27)25-26-24(28)33-17-22(30)29-19-10-6-7-11-21(19)32-16-20(29)18-8-4-3-5-9-18/h3-11,20H,2,12-17H2,1H3/t20-/m0/s1. The molecule has 1 atom stereocenters. The molecule has 0 aliphatic carbocycles. The van der Waals surface area contributed by atoms with Crippen molar-refractivity contribution in [1.82, 2.24) is 14.8 Å². The van der Waals surface area contributed by atoms with E-state index in [0.29, 0.717) is 19.8 Å². The number of aromatic nitrogens is 3. The van der Waals surface area contributed by atoms with Crippen LogP contribution in [0.2, 0.25) is 0 Å². The summed E-state index contributed by atoms with van der Waals surface area (Å²) in [6.45, 7) is 6.20. The fraction of sp³-hybridized carbons (Fsp3) is 0.375. The molecule has 0 unspecified atom stereocenters. The van der Waals surface area contributed by atoms with Crippen LogP contribution in [0.25, 0.3) is 0 Å². The lowest BCUT2D eigenvalue weighted by Crippen LogP contribution is -2.42. The maximum Gasteiger partial charge on any atom is 0.238 e. The quantitative estimate of drug-likeness (QED) is 0.517. The maximum atomic E-state index is 13.6. The van der Waals surface area contributed by atoms with Crippen molar-refractivity contribution in [2.24, 2.45) is 0 Å². The summed E-state index contributed by atoms with van der Waals surface area (Å²) in [5.41, 5.74) is 1.85. The van der Waals surface area contributed by atoms with Gasteiger partial charge in [0.05, 0.1) is 30.7 Å². The SMILES string of the molecule is CCn1c(SCC(=O)N2c3ccccc3OC[C@H]2c2ccccc2)nnc1N1CCOCC1. The zero-order chi connectivity index (χ0) is 22.6. The van der Waals surface area contributed by atoms with Gasteiger partial charge in [-0.25, -0.2) is 0 Å². The average Bonchev–Trinajstić information content (AvgIpc) is 3.30. The summed E-state index contributed by atoms with van der Waals surface area (Å²) >= 11 is 1.43. The number of para-hydroxylation sites is 2. The Morgan fingerprint density at radius 1 is 1.06 bits per heavy atom. The predicted molar refractivity (Wildman–Crippen MR) is 128 cm³/mol. The lowest BCUT2D eigenvalue weighted by atomic mass is 10.0. The molecule has 2 aromatic carbocycles. The zero-order valence-corrected chi connectivity index (χ0v) is 19.4. The first kappa shape index (κ1) is 21.8. The Labute approximate surface area is 197 Å². The van der Waals surface area contributed by atoms with E-state index in [9.17, 15) is 4.79 Å². The van der Waals surface area contributed by atoms with Gasteiger partial charge in [-0.05, 0) is 24.6 Å². The molecule has 9 heteroatoms. The first-order valence-electron chi connectivity index (χ1n) is 11.2. The van der Waals surface area contributed by atoms with Crippen LogP contribution in [-0.4, -0.2) is 59.3 Å². The van der Waals surface area contributed by atoms with E-state index in [1.807, 2.05) is 59.5 Å². The minimum absolute atomic E-state index is 0.0168. The van der Waals surface area contributed by atoms with Gasteiger partial charge in [0, 0.05) is 19.6 Å². The Balaban J connectivity index is 1.37. The second-order valence-corrected chi connectivity index (χ2v) is 8.83. The number of benzene rings is 2. The van der Waals surface area contributed by atoms with Crippen molar-refractivity contribution in [1.29, 1.82) is 0 Å². The molecule has 0 N–H and O–H groups in total. The van der Waals surface area contributed by atoms with Crippen LogP contribution in [0.1, 0.15) is 18.5 Å². The Kier molecular flexibility index (Phi) is 6.50. The fourth-order valence-corrected chi connectivity index (χ4v) is 5.13. The van der Waals surface area contributed by atoms with Crippen molar-refractivity contribution in [2.75, 3.05) is 48.5 Å². The third-order valence-corrected chi connectivity index (χ3v) is 6.87. The molecule has 8 nitrogen and oxygen atoms in total. The average molecular weight is 466 g/mol. The molecule has 1 saturated heterocycles. The van der Waals surface area contributed by atoms with Gasteiger partial charge in [-0.2, -0.15) is 0 Å². The van der Waals surface area contributed by atoms with Crippen LogP contribution in [0.3, 0.4) is 0 Å². The van der Waals surface area contributed by atoms with Gasteiger partial charge < -0.3 is 14.4 Å². The number of carbonyl (C=O) groups is 1. The summed E-state index contributed by atoms with van der Waals surface area (Å²) in [5.74, 6) is 1.85. The van der Waals surface area contributed by atoms with Crippen LogP contribution in [0.5, 0.6) is 5.75 Å². The van der Waals surface area contributed by atoms with E-state index < -0.39 is 0 Å². The second kappa shape index (κ2) is 9.84. The van der Waals surface area contributed by atoms with Gasteiger partial charge in [0.1, 0.15) is 12.4 Å². The highest BCUT2D eigenvalue weighted by Crippen LogP contribution is 2.40. The maximum absolute atomic E-state index is 13.6. The van der Waals surface area contributed by atoms with Crippen molar-refractivity contribution in [3.05, 3.63) is 60.2 Å². The van der Waals surface area contributed by atoms with Gasteiger partial charge in [0.2, 0.25) is 11.9 Å². The zero-order valence-electron chi connectivity index (χ0n) is 18.6. The summed E-state index contributed by atoms with van der Waals surface area (Å²) in [4.78, 5) is 17.7. The third kappa shape index (κ3) is 4.43. The summed E-state index contributed by atoms with van der Waals surface area (Å²) in [6.07, 6.45) is 0. The highest BCUT2D eigenvalue weighted by atomic mass is 32.2. The number of nitrogens with zero attached hydrogens (tertiary/aromatic N) is 5. The van der Waals surface area contributed by atoms with Gasteiger partial charge >= 0.3 is 0 Å². The van der Waals surface area contributed by atoms with Crippen LogP contribution < -0.4 is 14.5 Å². The fourth-order valence-electron chi connectivity index (χ4n) is 4.28. The van der Waals surface area contributed by atoms with E-state index >= 15 is 0 Å². The summed E-state index contributed by atoms with van der Waals surface area (Å²) in [6, 6.07) is 17.6. The molecule has 2 aliphatic rings. The second-order valence-electron chi connectivity index (χ2n) is 7.88. The molecule has 3 aromatic rings. The molecule has 0 saturated carbocycles. The van der Waals surface area contributed by atoms with Crippen LogP contribution in [0.15, 0.2) is 59.8 Å². The lowest BCUT2D eigenvalue weighted by molar-refractivity contribution is -0.117. The molecule has 3 heterocycles. The van der Waals surface area contributed by atoms with Gasteiger partial charge in [-0.3, -0.25) is 14.3 Å². The number of anilines is 2. The number of amides is 1. The first-order valence-corrected chi connectivity index (χ1v) is 12.2. The van der Waals surface area contributed by atoms with E-state index in [2.05, 4.69) is 26.6 Å². The van der Waals surface area contributed by atoms with Gasteiger partial charge in [-0.1, -0.05) is 54.2 Å². The minimum atomic E-state index is -0.179. The molecule has 1 amide bonds. The topological polar surface area (TPSA) is 72.7 Å². The number of ether oxygens (including phenoxy) is 2. The molecule has 2 aliphatic heterocycles. The summed E-state index contributed by atoms with van der Waals surface area (Å²) < 4.78 is 13.5. The number of thioether (sulfide) groups is 1. The highest BCUT2D eigenvalue weighted by Gasteiger charge is 2.33. The lowest BCUT2D eigenvalue weighted by Gasteiger charge is -2.37. The minimum Gasteiger partial charge on any atom is -0.489 e. The molecule has 33 heavy (non-hydrogen) atoms. The van der Waals surface area contributed by atoms with Gasteiger partial charge in [0.25, 0.3) is 0 Å². The number of hydrogen-bond donors (Lipinski definition) is 0. The Morgan fingerprint density at radius 3 is 2.61 bits per heavy atom. The number of rotatable bonds is 6. The van der Waals surface area contributed by atoms with Crippen LogP contribution >= 0.6 is 11.8 Å². The van der Waals surface area contributed by atoms with Crippen molar-refractivity contribution >= 4 is 29.3 Å². The van der Waals surface area contributed by atoms with E-state index in [1.165, 1.54) is 11.8 Å². The third-order valence-electron chi connectivity index (χ3n) is 5.92. The molecule has 0 spiro atoms. The monoisotopic (exact) mass is 465 g/mol. The van der Waals surface area contributed by atoms with E-state index in [4.69, 9.17) is 9.47 Å². The summed E-state index contributed by atoms with van der Waals surface area (Å²) in [5, 5.41) is 9.57. The van der Waals surface area contributed by atoms with Crippen LogP contribution in [0, 0.1) is 0 Å². The molecule has 172 valence electrons. The molecular weight excluding hydrogens is 438 g/mol. The molecule has 5 rings (SSSR count). The number of morpholine rings is 1. The molecule has 0 bridgehead atoms. The summed E-state index contributed by atoms with van der Waals surface area (Å²) in [7, 11) is 0. The highest BCUT2D eigenvalue weighted by molar-refractivity contribution is 7.99. The normalized spacial score (nSPS) is 18.0. The Hall–Kier alpha value is -3.04. The Morgan fingerprint density at radius 2 is 1.82 bits per heavy atom. The Bertz CT molecular complexity index is 1100. The van der Waals surface area contributed by atoms with Crippen LogP contribution in [-0.2, 0) is 16.1 Å². The molecular formula is C24H27N5O3S. The molecule has 1 aromatic heterocycles. The van der Waals surface area contributed by atoms with E-state index in [1.54, 1.807) is 0 Å². The van der Waals surface area contributed by atoms with Gasteiger partial charge in [-0.15, -0.1) is 10.2 Å².